The lowest BCUT2D eigenvalue weighted by Gasteiger charge is -2.25. The Balaban J connectivity index is 1.83. The topological polar surface area (TPSA) is 26.5 Å². The van der Waals surface area contributed by atoms with Crippen LogP contribution in [0.1, 0.15) is 30.4 Å². The van der Waals surface area contributed by atoms with Crippen LogP contribution in [0.3, 0.4) is 0 Å². The molecule has 130 valence electrons. The first kappa shape index (κ1) is 16.9. The minimum absolute atomic E-state index is 0.473. The van der Waals surface area contributed by atoms with Gasteiger partial charge in [0.15, 0.2) is 6.54 Å². The Bertz CT molecular complexity index is 865. The molecule has 3 nitrogen and oxygen atoms in total. The molecule has 0 amide bonds. The summed E-state index contributed by atoms with van der Waals surface area (Å²) in [5, 5.41) is 12.6. The predicted octanol–water partition coefficient (Wildman–Crippen LogP) is 4.56. The predicted molar refractivity (Wildman–Crippen MR) is 103 cm³/mol. The smallest absolute Gasteiger partial charge is 0.271 e. The van der Waals surface area contributed by atoms with Gasteiger partial charge in [0.05, 0.1) is 16.6 Å². The maximum atomic E-state index is 11.7. The molecule has 0 saturated heterocycles. The number of rotatable bonds is 2. The normalized spacial score (nSPS) is 23.1. The van der Waals surface area contributed by atoms with Crippen molar-refractivity contribution >= 4 is 34.7 Å². The van der Waals surface area contributed by atoms with E-state index in [9.17, 15) is 5.11 Å². The molecule has 2 aromatic rings. The number of β-amino-alcohol motifs (C(OH)–C–C–N with tert-alkyl or cyclic N) is 1. The summed E-state index contributed by atoms with van der Waals surface area (Å²) in [6.07, 6.45) is 3.19. The summed E-state index contributed by atoms with van der Waals surface area (Å²) < 4.78 is 2.14. The Kier molecular flexibility index (Phi) is 4.27. The summed E-state index contributed by atoms with van der Waals surface area (Å²) in [5.74, 6) is 1.19. The number of hydrogen-bond donors (Lipinski definition) is 1. The molecular formula is C20H21Cl2N2O+. The Morgan fingerprint density at radius 3 is 2.64 bits per heavy atom. The molecule has 0 saturated carbocycles. The van der Waals surface area contributed by atoms with Crippen molar-refractivity contribution < 1.29 is 9.68 Å². The number of aryl methyl sites for hydroxylation is 1. The molecule has 1 atom stereocenters. The molecule has 4 rings (SSSR count). The monoisotopic (exact) mass is 375 g/mol. The maximum Gasteiger partial charge on any atom is 0.271 e. The van der Waals surface area contributed by atoms with E-state index in [-0.39, 0.29) is 0 Å². The number of hydrogen-bond acceptors (Lipinski definition) is 2. The van der Waals surface area contributed by atoms with Crippen molar-refractivity contribution in [1.82, 2.24) is 0 Å². The van der Waals surface area contributed by atoms with E-state index in [2.05, 4.69) is 28.5 Å². The second-order valence-electron chi connectivity index (χ2n) is 6.84. The zero-order chi connectivity index (χ0) is 17.6. The van der Waals surface area contributed by atoms with Crippen LogP contribution in [0.2, 0.25) is 10.0 Å². The van der Waals surface area contributed by atoms with Crippen molar-refractivity contribution in [3.63, 3.8) is 0 Å². The largest absolute Gasteiger partial charge is 0.346 e. The molecule has 0 fully saturated rings. The van der Waals surface area contributed by atoms with Crippen LogP contribution in [-0.2, 0) is 5.72 Å². The summed E-state index contributed by atoms with van der Waals surface area (Å²) in [6, 6.07) is 13.8. The summed E-state index contributed by atoms with van der Waals surface area (Å²) in [6.45, 7) is 3.44. The van der Waals surface area contributed by atoms with Gasteiger partial charge >= 0.3 is 0 Å². The zero-order valence-corrected chi connectivity index (χ0v) is 15.7. The Labute approximate surface area is 158 Å². The maximum absolute atomic E-state index is 11.7. The molecule has 2 aliphatic heterocycles. The number of para-hydroxylation sites is 1. The zero-order valence-electron chi connectivity index (χ0n) is 14.2. The molecule has 25 heavy (non-hydrogen) atoms. The molecule has 2 aromatic carbocycles. The van der Waals surface area contributed by atoms with Gasteiger partial charge in [0, 0.05) is 12.0 Å². The number of amidine groups is 1. The standard InChI is InChI=1S/C20H21Cl2N2O/c1-14-6-2-3-7-18(14)23-13-20(25,24-11-5-4-8-19(23)24)15-9-10-16(21)17(22)12-15/h2-3,6-7,9-10,12,25H,4-5,8,11,13H2,1H3/q+1. The molecule has 0 bridgehead atoms. The van der Waals surface area contributed by atoms with E-state index in [1.54, 1.807) is 12.1 Å². The molecular weight excluding hydrogens is 355 g/mol. The number of benzene rings is 2. The summed E-state index contributed by atoms with van der Waals surface area (Å²) in [7, 11) is 0. The van der Waals surface area contributed by atoms with Gasteiger partial charge in [-0.2, -0.15) is 0 Å². The van der Waals surface area contributed by atoms with Crippen LogP contribution < -0.4 is 4.90 Å². The van der Waals surface area contributed by atoms with Crippen LogP contribution in [0.5, 0.6) is 0 Å². The first-order valence-corrected chi connectivity index (χ1v) is 9.41. The van der Waals surface area contributed by atoms with E-state index in [4.69, 9.17) is 23.2 Å². The summed E-state index contributed by atoms with van der Waals surface area (Å²) in [4.78, 5) is 2.26. The lowest BCUT2D eigenvalue weighted by Crippen LogP contribution is -2.41. The quantitative estimate of drug-likeness (QED) is 0.778. The number of aliphatic hydroxyl groups is 1. The van der Waals surface area contributed by atoms with Crippen LogP contribution in [0.25, 0.3) is 0 Å². The van der Waals surface area contributed by atoms with Crippen LogP contribution in [0.4, 0.5) is 5.69 Å². The van der Waals surface area contributed by atoms with Gasteiger partial charge in [-0.1, -0.05) is 47.5 Å². The summed E-state index contributed by atoms with van der Waals surface area (Å²) >= 11 is 12.3. The van der Waals surface area contributed by atoms with E-state index >= 15 is 0 Å². The molecule has 2 aliphatic rings. The lowest BCUT2D eigenvalue weighted by molar-refractivity contribution is -0.661. The lowest BCUT2D eigenvalue weighted by atomic mass is 10.0. The van der Waals surface area contributed by atoms with E-state index in [1.807, 2.05) is 18.2 Å². The summed E-state index contributed by atoms with van der Waals surface area (Å²) in [5.41, 5.74) is 2.06. The number of nitrogens with zero attached hydrogens (tertiary/aromatic N) is 2. The van der Waals surface area contributed by atoms with E-state index < -0.39 is 5.72 Å². The average molecular weight is 376 g/mol. The molecule has 2 heterocycles. The van der Waals surface area contributed by atoms with Crippen molar-refractivity contribution in [1.29, 1.82) is 0 Å². The average Bonchev–Trinajstić information content (AvgIpc) is 2.92. The molecule has 1 unspecified atom stereocenters. The molecule has 0 aromatic heterocycles. The third-order valence-corrected chi connectivity index (χ3v) is 6.01. The van der Waals surface area contributed by atoms with Gasteiger partial charge in [0.2, 0.25) is 0 Å². The molecule has 0 radical (unpaired) electrons. The van der Waals surface area contributed by atoms with Crippen molar-refractivity contribution in [2.24, 2.45) is 0 Å². The van der Waals surface area contributed by atoms with Crippen LogP contribution in [0.15, 0.2) is 42.5 Å². The van der Waals surface area contributed by atoms with Crippen LogP contribution in [0, 0.1) is 6.92 Å². The highest BCUT2D eigenvalue weighted by atomic mass is 35.5. The van der Waals surface area contributed by atoms with Gasteiger partial charge in [-0.05, 0) is 43.5 Å². The van der Waals surface area contributed by atoms with E-state index in [0.717, 1.165) is 37.1 Å². The van der Waals surface area contributed by atoms with Crippen molar-refractivity contribution in [3.8, 4) is 0 Å². The van der Waals surface area contributed by atoms with Gasteiger partial charge in [0.25, 0.3) is 11.6 Å². The van der Waals surface area contributed by atoms with Gasteiger partial charge in [-0.15, -0.1) is 0 Å². The minimum atomic E-state index is -1.09. The van der Waals surface area contributed by atoms with E-state index in [0.29, 0.717) is 16.6 Å². The fraction of sp³-hybridized carbons (Fsp3) is 0.350. The molecule has 1 N–H and O–H groups in total. The number of halogens is 2. The third-order valence-electron chi connectivity index (χ3n) is 5.27. The first-order valence-electron chi connectivity index (χ1n) is 8.65. The van der Waals surface area contributed by atoms with Crippen LogP contribution in [-0.4, -0.2) is 28.6 Å². The Hall–Kier alpha value is -1.55. The van der Waals surface area contributed by atoms with Crippen molar-refractivity contribution in [2.75, 3.05) is 18.0 Å². The van der Waals surface area contributed by atoms with Gasteiger partial charge in [0.1, 0.15) is 5.69 Å². The highest BCUT2D eigenvalue weighted by molar-refractivity contribution is 6.42. The molecule has 5 heteroatoms. The fourth-order valence-corrected chi connectivity index (χ4v) is 4.27. The molecule has 0 spiro atoms. The highest BCUT2D eigenvalue weighted by Crippen LogP contribution is 2.38. The van der Waals surface area contributed by atoms with Crippen molar-refractivity contribution in [3.05, 3.63) is 63.6 Å². The van der Waals surface area contributed by atoms with Gasteiger partial charge in [-0.25, -0.2) is 9.48 Å². The highest BCUT2D eigenvalue weighted by Gasteiger charge is 2.52. The van der Waals surface area contributed by atoms with Gasteiger partial charge < -0.3 is 5.11 Å². The third kappa shape index (κ3) is 2.75. The van der Waals surface area contributed by atoms with Gasteiger partial charge in [-0.3, -0.25) is 0 Å². The van der Waals surface area contributed by atoms with Crippen LogP contribution >= 0.6 is 23.2 Å². The Morgan fingerprint density at radius 2 is 1.88 bits per heavy atom. The second kappa shape index (κ2) is 6.31. The van der Waals surface area contributed by atoms with Crippen molar-refractivity contribution in [2.45, 2.75) is 31.9 Å². The minimum Gasteiger partial charge on any atom is -0.346 e. The second-order valence-corrected chi connectivity index (χ2v) is 7.66. The fourth-order valence-electron chi connectivity index (χ4n) is 3.98. The molecule has 0 aliphatic carbocycles. The first-order chi connectivity index (χ1) is 12.0. The number of anilines is 1. The SMILES string of the molecule is Cc1ccccc1N1CC(O)(c2ccc(Cl)c(Cl)c2)[N+]2=C1CCCC2. The van der Waals surface area contributed by atoms with E-state index in [1.165, 1.54) is 11.4 Å². The Morgan fingerprint density at radius 1 is 1.08 bits per heavy atom.